The summed E-state index contributed by atoms with van der Waals surface area (Å²) in [5.74, 6) is -0.645. The Balaban J connectivity index is 1.71. The second-order valence-corrected chi connectivity index (χ2v) is 5.21. The van der Waals surface area contributed by atoms with Crippen molar-refractivity contribution in [2.24, 2.45) is 0 Å². The summed E-state index contributed by atoms with van der Waals surface area (Å²) < 4.78 is 4.92. The van der Waals surface area contributed by atoms with Crippen LogP contribution in [-0.2, 0) is 17.7 Å². The Hall–Kier alpha value is -2.67. The first-order valence-electron chi connectivity index (χ1n) is 7.54. The number of carbonyl (C=O) groups excluding carboxylic acids is 2. The van der Waals surface area contributed by atoms with Gasteiger partial charge in [0.2, 0.25) is 0 Å². The number of aromatic amines is 1. The lowest BCUT2D eigenvalue weighted by Gasteiger charge is -2.13. The summed E-state index contributed by atoms with van der Waals surface area (Å²) in [5, 5.41) is 13.0. The molecule has 1 aromatic heterocycles. The number of nitrogens with zero attached hydrogens (tertiary/aromatic N) is 1. The van der Waals surface area contributed by atoms with Crippen molar-refractivity contribution in [3.8, 4) is 0 Å². The summed E-state index contributed by atoms with van der Waals surface area (Å²) in [6.07, 6.45) is 0.837. The van der Waals surface area contributed by atoms with Crippen LogP contribution in [0.1, 0.15) is 39.0 Å². The number of aromatic nitrogens is 2. The van der Waals surface area contributed by atoms with Crippen LogP contribution < -0.4 is 10.6 Å². The number of benzene rings is 1. The maximum atomic E-state index is 12.4. The molecular weight excluding hydrogens is 296 g/mol. The van der Waals surface area contributed by atoms with Crippen molar-refractivity contribution in [3.63, 3.8) is 0 Å². The van der Waals surface area contributed by atoms with E-state index in [1.54, 1.807) is 31.2 Å². The zero-order valence-electron chi connectivity index (χ0n) is 12.8. The van der Waals surface area contributed by atoms with Gasteiger partial charge < -0.3 is 15.4 Å². The Morgan fingerprint density at radius 1 is 1.30 bits per heavy atom. The van der Waals surface area contributed by atoms with E-state index >= 15 is 0 Å². The molecule has 0 aliphatic carbocycles. The van der Waals surface area contributed by atoms with Gasteiger partial charge in [0.05, 0.1) is 12.2 Å². The van der Waals surface area contributed by atoms with E-state index in [2.05, 4.69) is 20.8 Å². The molecule has 3 rings (SSSR count). The fraction of sp³-hybridized carbons (Fsp3) is 0.312. The lowest BCUT2D eigenvalue weighted by molar-refractivity contribution is 0.0526. The highest BCUT2D eigenvalue weighted by Crippen LogP contribution is 2.17. The Kier molecular flexibility index (Phi) is 4.38. The largest absolute Gasteiger partial charge is 0.462 e. The molecule has 1 aliphatic heterocycles. The standard InChI is InChI=1S/C16H18N4O3/c1-2-23-16(22)10-3-5-11(6-4-10)18-15(21)14-12-9-17-8-7-13(12)19-20-14/h3-6,17H,2,7-9H2,1H3,(H,18,21)(H,19,20). The maximum absolute atomic E-state index is 12.4. The number of rotatable bonds is 4. The van der Waals surface area contributed by atoms with E-state index in [1.165, 1.54) is 0 Å². The first kappa shape index (κ1) is 15.2. The van der Waals surface area contributed by atoms with Crippen LogP contribution in [0.25, 0.3) is 0 Å². The fourth-order valence-electron chi connectivity index (χ4n) is 2.51. The fourth-order valence-corrected chi connectivity index (χ4v) is 2.51. The highest BCUT2D eigenvalue weighted by Gasteiger charge is 2.21. The van der Waals surface area contributed by atoms with Crippen LogP contribution in [0.15, 0.2) is 24.3 Å². The molecule has 0 saturated heterocycles. The van der Waals surface area contributed by atoms with E-state index in [-0.39, 0.29) is 11.9 Å². The van der Waals surface area contributed by atoms with Crippen molar-refractivity contribution in [3.05, 3.63) is 46.8 Å². The monoisotopic (exact) mass is 314 g/mol. The van der Waals surface area contributed by atoms with Crippen molar-refractivity contribution in [1.82, 2.24) is 15.5 Å². The third-order valence-corrected chi connectivity index (χ3v) is 3.68. The van der Waals surface area contributed by atoms with E-state index in [0.29, 0.717) is 30.1 Å². The minimum absolute atomic E-state index is 0.268. The normalized spacial score (nSPS) is 13.3. The summed E-state index contributed by atoms with van der Waals surface area (Å²) in [6.45, 7) is 3.60. The number of nitrogens with one attached hydrogen (secondary N) is 3. The summed E-state index contributed by atoms with van der Waals surface area (Å²) in [7, 11) is 0. The number of fused-ring (bicyclic) bond motifs is 1. The van der Waals surface area contributed by atoms with Gasteiger partial charge in [-0.3, -0.25) is 9.89 Å². The zero-order chi connectivity index (χ0) is 16.2. The molecule has 1 amide bonds. The Morgan fingerprint density at radius 2 is 2.09 bits per heavy atom. The molecule has 0 radical (unpaired) electrons. The number of hydrogen-bond acceptors (Lipinski definition) is 5. The van der Waals surface area contributed by atoms with Crippen molar-refractivity contribution >= 4 is 17.6 Å². The quantitative estimate of drug-likeness (QED) is 0.743. The van der Waals surface area contributed by atoms with Gasteiger partial charge in [0.1, 0.15) is 0 Å². The number of amides is 1. The lowest BCUT2D eigenvalue weighted by atomic mass is 10.1. The average molecular weight is 314 g/mol. The van der Waals surface area contributed by atoms with Crippen molar-refractivity contribution in [2.75, 3.05) is 18.5 Å². The van der Waals surface area contributed by atoms with E-state index in [9.17, 15) is 9.59 Å². The third kappa shape index (κ3) is 3.24. The molecule has 1 aliphatic rings. The molecule has 1 aromatic carbocycles. The first-order chi connectivity index (χ1) is 11.2. The van der Waals surface area contributed by atoms with Crippen LogP contribution in [0.5, 0.6) is 0 Å². The summed E-state index contributed by atoms with van der Waals surface area (Å²) in [6, 6.07) is 6.58. The predicted octanol–water partition coefficient (Wildman–Crippen LogP) is 1.48. The van der Waals surface area contributed by atoms with Gasteiger partial charge in [-0.2, -0.15) is 5.10 Å². The molecule has 120 valence electrons. The van der Waals surface area contributed by atoms with Crippen molar-refractivity contribution < 1.29 is 14.3 Å². The molecule has 0 spiro atoms. The van der Waals surface area contributed by atoms with Crippen molar-refractivity contribution in [1.29, 1.82) is 0 Å². The maximum Gasteiger partial charge on any atom is 0.338 e. The van der Waals surface area contributed by atoms with E-state index in [0.717, 1.165) is 24.2 Å². The van der Waals surface area contributed by atoms with Crippen LogP contribution in [-0.4, -0.2) is 35.2 Å². The van der Waals surface area contributed by atoms with Gasteiger partial charge in [-0.15, -0.1) is 0 Å². The summed E-state index contributed by atoms with van der Waals surface area (Å²) >= 11 is 0. The highest BCUT2D eigenvalue weighted by molar-refractivity contribution is 6.04. The number of carbonyl (C=O) groups is 2. The molecule has 0 bridgehead atoms. The van der Waals surface area contributed by atoms with Crippen LogP contribution in [0.4, 0.5) is 5.69 Å². The number of anilines is 1. The first-order valence-corrected chi connectivity index (χ1v) is 7.54. The predicted molar refractivity (Wildman–Crippen MR) is 84.4 cm³/mol. The highest BCUT2D eigenvalue weighted by atomic mass is 16.5. The van der Waals surface area contributed by atoms with Crippen molar-refractivity contribution in [2.45, 2.75) is 19.9 Å². The second kappa shape index (κ2) is 6.62. The SMILES string of the molecule is CCOC(=O)c1ccc(NC(=O)c2n[nH]c3c2CNCC3)cc1. The topological polar surface area (TPSA) is 96.1 Å². The number of ether oxygens (including phenoxy) is 1. The minimum atomic E-state index is -0.377. The van der Waals surface area contributed by atoms with Gasteiger partial charge >= 0.3 is 5.97 Å². The molecule has 0 atom stereocenters. The van der Waals surface area contributed by atoms with Crippen LogP contribution in [0.3, 0.4) is 0 Å². The molecule has 0 fully saturated rings. The van der Waals surface area contributed by atoms with Gasteiger partial charge in [0.25, 0.3) is 5.91 Å². The Morgan fingerprint density at radius 3 is 2.83 bits per heavy atom. The molecule has 0 saturated carbocycles. The Bertz CT molecular complexity index is 721. The lowest BCUT2D eigenvalue weighted by Crippen LogP contribution is -2.25. The summed E-state index contributed by atoms with van der Waals surface area (Å²) in [5.41, 5.74) is 3.37. The van der Waals surface area contributed by atoms with Gasteiger partial charge in [0, 0.05) is 36.5 Å². The van der Waals surface area contributed by atoms with Gasteiger partial charge in [-0.05, 0) is 31.2 Å². The third-order valence-electron chi connectivity index (χ3n) is 3.68. The average Bonchev–Trinajstić information content (AvgIpc) is 3.00. The minimum Gasteiger partial charge on any atom is -0.462 e. The molecule has 7 nitrogen and oxygen atoms in total. The number of esters is 1. The summed E-state index contributed by atoms with van der Waals surface area (Å²) in [4.78, 5) is 24.0. The molecule has 7 heteroatoms. The molecule has 23 heavy (non-hydrogen) atoms. The van der Waals surface area contributed by atoms with Crippen LogP contribution in [0, 0.1) is 0 Å². The molecule has 2 aromatic rings. The molecule has 3 N–H and O–H groups in total. The molecular formula is C16H18N4O3. The van der Waals surface area contributed by atoms with Gasteiger partial charge in [-0.1, -0.05) is 0 Å². The van der Waals surface area contributed by atoms with Crippen LogP contribution in [0.2, 0.25) is 0 Å². The number of H-pyrrole nitrogens is 1. The van der Waals surface area contributed by atoms with E-state index < -0.39 is 0 Å². The van der Waals surface area contributed by atoms with Gasteiger partial charge in [-0.25, -0.2) is 4.79 Å². The molecule has 0 unspecified atom stereocenters. The Labute approximate surface area is 133 Å². The van der Waals surface area contributed by atoms with E-state index in [4.69, 9.17) is 4.74 Å². The number of hydrogen-bond donors (Lipinski definition) is 3. The smallest absolute Gasteiger partial charge is 0.338 e. The molecule has 2 heterocycles. The second-order valence-electron chi connectivity index (χ2n) is 5.21. The van der Waals surface area contributed by atoms with E-state index in [1.807, 2.05) is 0 Å². The van der Waals surface area contributed by atoms with Crippen LogP contribution >= 0.6 is 0 Å². The van der Waals surface area contributed by atoms with Gasteiger partial charge in [0.15, 0.2) is 5.69 Å². The zero-order valence-corrected chi connectivity index (χ0v) is 12.8.